The Morgan fingerprint density at radius 1 is 1.12 bits per heavy atom. The van der Waals surface area contributed by atoms with E-state index in [0.717, 1.165) is 18.4 Å². The Morgan fingerprint density at radius 2 is 1.85 bits per heavy atom. The van der Waals surface area contributed by atoms with Crippen molar-refractivity contribution in [1.82, 2.24) is 0 Å². The number of carbonyl (C=O) groups is 2. The number of carboxylic acids is 1. The Morgan fingerprint density at radius 3 is 2.54 bits per heavy atom. The molecule has 0 fully saturated rings. The van der Waals surface area contributed by atoms with Crippen molar-refractivity contribution in [3.63, 3.8) is 0 Å². The number of benzene rings is 1. The molecule has 0 bridgehead atoms. The second-order valence-electron chi connectivity index (χ2n) is 6.29. The molecule has 0 saturated heterocycles. The first-order valence-corrected chi connectivity index (χ1v) is 9.13. The predicted octanol–water partition coefficient (Wildman–Crippen LogP) is 4.95. The van der Waals surface area contributed by atoms with Crippen LogP contribution in [0.4, 0.5) is 0 Å². The number of halogens is 1. The Bertz CT molecular complexity index is 732. The summed E-state index contributed by atoms with van der Waals surface area (Å²) in [5, 5.41) is 19.2. The van der Waals surface area contributed by atoms with Crippen molar-refractivity contribution in [2.75, 3.05) is 0 Å². The van der Waals surface area contributed by atoms with E-state index in [1.807, 2.05) is 36.4 Å². The molecule has 0 aromatic heterocycles. The van der Waals surface area contributed by atoms with Gasteiger partial charge in [-0.1, -0.05) is 54.4 Å². The Kier molecular flexibility index (Phi) is 7.67. The van der Waals surface area contributed by atoms with E-state index in [4.69, 9.17) is 16.7 Å². The van der Waals surface area contributed by atoms with Gasteiger partial charge in [-0.3, -0.25) is 9.59 Å². The van der Waals surface area contributed by atoms with E-state index in [1.165, 1.54) is 0 Å². The van der Waals surface area contributed by atoms with Crippen LogP contribution in [0.1, 0.15) is 37.7 Å². The van der Waals surface area contributed by atoms with E-state index in [2.05, 4.69) is 0 Å². The van der Waals surface area contributed by atoms with Crippen LogP contribution in [0.3, 0.4) is 0 Å². The quantitative estimate of drug-likeness (QED) is 0.364. The maximum atomic E-state index is 12.2. The fourth-order valence-corrected chi connectivity index (χ4v) is 3.11. The van der Waals surface area contributed by atoms with E-state index in [9.17, 15) is 14.7 Å². The zero-order chi connectivity index (χ0) is 18.9. The summed E-state index contributed by atoms with van der Waals surface area (Å²) < 4.78 is 0. The number of aliphatic hydroxyl groups excluding tert-OH is 1. The number of unbranched alkanes of at least 4 members (excludes halogenated alkanes) is 3. The third-order valence-corrected chi connectivity index (χ3v) is 4.59. The van der Waals surface area contributed by atoms with Gasteiger partial charge in [0, 0.05) is 12.0 Å². The van der Waals surface area contributed by atoms with Crippen molar-refractivity contribution in [1.29, 1.82) is 0 Å². The van der Waals surface area contributed by atoms with Gasteiger partial charge in [-0.25, -0.2) is 0 Å². The molecule has 0 amide bonds. The van der Waals surface area contributed by atoms with Gasteiger partial charge in [0.2, 0.25) is 5.78 Å². The molecule has 4 nitrogen and oxygen atoms in total. The number of carboxylic acid groups (broad SMARTS) is 1. The van der Waals surface area contributed by atoms with E-state index >= 15 is 0 Å². The standard InChI is InChI=1S/C21H23ClO4/c22-18-14-17(19(23)13-12-15-8-4-3-5-9-15)16(21(18)26)10-6-1-2-7-11-20(24)25/h3-5,8-10,13-14,17,23H,1-2,6-7,11-12H2,(H,24,25). The van der Waals surface area contributed by atoms with Gasteiger partial charge in [0.05, 0.1) is 11.0 Å². The number of aliphatic hydroxyl groups is 1. The molecule has 0 saturated carbocycles. The monoisotopic (exact) mass is 374 g/mol. The van der Waals surface area contributed by atoms with Crippen LogP contribution in [0.2, 0.25) is 0 Å². The van der Waals surface area contributed by atoms with Crippen LogP contribution >= 0.6 is 11.6 Å². The lowest BCUT2D eigenvalue weighted by Gasteiger charge is -2.10. The first-order valence-electron chi connectivity index (χ1n) is 8.76. The molecule has 1 aliphatic rings. The number of rotatable bonds is 9. The first-order chi connectivity index (χ1) is 12.5. The number of allylic oxidation sites excluding steroid dienone is 4. The van der Waals surface area contributed by atoms with Crippen LogP contribution in [-0.2, 0) is 16.0 Å². The molecule has 0 spiro atoms. The van der Waals surface area contributed by atoms with Gasteiger partial charge < -0.3 is 10.2 Å². The van der Waals surface area contributed by atoms with E-state index < -0.39 is 11.9 Å². The average molecular weight is 375 g/mol. The molecular weight excluding hydrogens is 352 g/mol. The highest BCUT2D eigenvalue weighted by atomic mass is 35.5. The molecule has 138 valence electrons. The summed E-state index contributed by atoms with van der Waals surface area (Å²) in [5.41, 5.74) is 1.57. The van der Waals surface area contributed by atoms with Crippen LogP contribution in [0.25, 0.3) is 0 Å². The number of Topliss-reactive ketones (excluding diaryl/α,β-unsaturated/α-hetero) is 1. The second-order valence-corrected chi connectivity index (χ2v) is 6.70. The number of hydrogen-bond acceptors (Lipinski definition) is 3. The molecule has 0 aliphatic heterocycles. The summed E-state index contributed by atoms with van der Waals surface area (Å²) in [6, 6.07) is 9.75. The molecule has 1 unspecified atom stereocenters. The van der Waals surface area contributed by atoms with Crippen molar-refractivity contribution in [2.45, 2.75) is 38.5 Å². The molecule has 0 radical (unpaired) electrons. The SMILES string of the molecule is O=C(O)CCCCCC=C1C(=O)C(Cl)=CC1C(O)=CCc1ccccc1. The topological polar surface area (TPSA) is 74.6 Å². The minimum Gasteiger partial charge on any atom is -0.512 e. The Balaban J connectivity index is 1.97. The molecule has 1 aromatic carbocycles. The summed E-state index contributed by atoms with van der Waals surface area (Å²) >= 11 is 5.98. The molecule has 26 heavy (non-hydrogen) atoms. The first kappa shape index (κ1) is 20.0. The van der Waals surface area contributed by atoms with Gasteiger partial charge in [0.15, 0.2) is 0 Å². The van der Waals surface area contributed by atoms with Gasteiger partial charge in [0.1, 0.15) is 5.76 Å². The molecule has 1 aromatic rings. The third kappa shape index (κ3) is 5.88. The smallest absolute Gasteiger partial charge is 0.303 e. The molecule has 5 heteroatoms. The second kappa shape index (κ2) is 9.97. The summed E-state index contributed by atoms with van der Waals surface area (Å²) in [5.74, 6) is -1.42. The summed E-state index contributed by atoms with van der Waals surface area (Å²) in [6.45, 7) is 0. The fraction of sp³-hybridized carbons (Fsp3) is 0.333. The Labute approximate surface area is 158 Å². The summed E-state index contributed by atoms with van der Waals surface area (Å²) in [4.78, 5) is 22.7. The zero-order valence-electron chi connectivity index (χ0n) is 14.5. The molecule has 0 heterocycles. The lowest BCUT2D eigenvalue weighted by molar-refractivity contribution is -0.137. The minimum absolute atomic E-state index is 0.120. The zero-order valence-corrected chi connectivity index (χ0v) is 15.3. The van der Waals surface area contributed by atoms with Gasteiger partial charge in [0.25, 0.3) is 0 Å². The number of aliphatic carboxylic acids is 1. The Hall–Kier alpha value is -2.33. The van der Waals surface area contributed by atoms with Crippen molar-refractivity contribution in [3.8, 4) is 0 Å². The lowest BCUT2D eigenvalue weighted by atomic mass is 9.96. The van der Waals surface area contributed by atoms with Crippen molar-refractivity contribution in [3.05, 3.63) is 70.5 Å². The van der Waals surface area contributed by atoms with Crippen LogP contribution in [0.15, 0.2) is 64.9 Å². The van der Waals surface area contributed by atoms with Crippen LogP contribution in [0.5, 0.6) is 0 Å². The molecule has 1 aliphatic carbocycles. The lowest BCUT2D eigenvalue weighted by Crippen LogP contribution is -2.07. The molecule has 2 N–H and O–H groups in total. The van der Waals surface area contributed by atoms with Crippen LogP contribution in [0, 0.1) is 5.92 Å². The normalized spacial score (nSPS) is 19.0. The van der Waals surface area contributed by atoms with E-state index in [1.54, 1.807) is 12.2 Å². The van der Waals surface area contributed by atoms with Crippen LogP contribution < -0.4 is 0 Å². The highest BCUT2D eigenvalue weighted by Gasteiger charge is 2.31. The maximum absolute atomic E-state index is 12.2. The van der Waals surface area contributed by atoms with Gasteiger partial charge in [-0.2, -0.15) is 0 Å². The number of ketones is 1. The number of carbonyl (C=O) groups excluding carboxylic acids is 1. The van der Waals surface area contributed by atoms with Crippen molar-refractivity contribution < 1.29 is 19.8 Å². The van der Waals surface area contributed by atoms with Gasteiger partial charge >= 0.3 is 5.97 Å². The minimum atomic E-state index is -0.793. The van der Waals surface area contributed by atoms with Crippen LogP contribution in [-0.4, -0.2) is 22.0 Å². The van der Waals surface area contributed by atoms with Crippen molar-refractivity contribution >= 4 is 23.4 Å². The molecule has 2 rings (SSSR count). The highest BCUT2D eigenvalue weighted by Crippen LogP contribution is 2.34. The van der Waals surface area contributed by atoms with Crippen molar-refractivity contribution in [2.24, 2.45) is 5.92 Å². The maximum Gasteiger partial charge on any atom is 0.303 e. The molecule has 1 atom stereocenters. The largest absolute Gasteiger partial charge is 0.512 e. The van der Waals surface area contributed by atoms with Gasteiger partial charge in [-0.15, -0.1) is 0 Å². The fourth-order valence-electron chi connectivity index (χ4n) is 2.87. The van der Waals surface area contributed by atoms with E-state index in [0.29, 0.717) is 24.8 Å². The van der Waals surface area contributed by atoms with E-state index in [-0.39, 0.29) is 23.0 Å². The number of hydrogen-bond donors (Lipinski definition) is 2. The predicted molar refractivity (Wildman–Crippen MR) is 102 cm³/mol. The highest BCUT2D eigenvalue weighted by molar-refractivity contribution is 6.46. The third-order valence-electron chi connectivity index (χ3n) is 4.29. The average Bonchev–Trinajstić information content (AvgIpc) is 2.91. The molecular formula is C21H23ClO4. The summed E-state index contributed by atoms with van der Waals surface area (Å²) in [6.07, 6.45) is 8.69. The van der Waals surface area contributed by atoms with Gasteiger partial charge in [-0.05, 0) is 43.4 Å². The summed E-state index contributed by atoms with van der Waals surface area (Å²) in [7, 11) is 0.